The minimum atomic E-state index is -0.330. The molecular weight excluding hydrogens is 448 g/mol. The predicted molar refractivity (Wildman–Crippen MR) is 117 cm³/mol. The second-order valence-corrected chi connectivity index (χ2v) is 9.81. The average Bonchev–Trinajstić information content (AvgIpc) is 2.73. The van der Waals surface area contributed by atoms with E-state index in [0.29, 0.717) is 39.1 Å². The molecule has 30 heavy (non-hydrogen) atoms. The van der Waals surface area contributed by atoms with E-state index in [1.165, 1.54) is 6.42 Å². The molecule has 0 aliphatic heterocycles. The lowest BCUT2D eigenvalue weighted by molar-refractivity contribution is -0.122. The van der Waals surface area contributed by atoms with E-state index in [1.54, 1.807) is 24.8 Å². The van der Waals surface area contributed by atoms with E-state index in [-0.39, 0.29) is 24.6 Å². The van der Waals surface area contributed by atoms with Gasteiger partial charge in [0.25, 0.3) is 5.56 Å². The Morgan fingerprint density at radius 2 is 2.10 bits per heavy atom. The van der Waals surface area contributed by atoms with Gasteiger partial charge < -0.3 is 10.6 Å². The monoisotopic (exact) mass is 474 g/mol. The molecule has 2 aromatic rings. The van der Waals surface area contributed by atoms with Crippen LogP contribution in [0.5, 0.6) is 0 Å². The topological polar surface area (TPSA) is 102 Å². The molecular formula is C21H27BrN6O2. The van der Waals surface area contributed by atoms with E-state index in [4.69, 9.17) is 0 Å². The van der Waals surface area contributed by atoms with E-state index < -0.39 is 0 Å². The van der Waals surface area contributed by atoms with Crippen LogP contribution in [0.1, 0.15) is 39.3 Å². The van der Waals surface area contributed by atoms with E-state index in [2.05, 4.69) is 62.4 Å². The zero-order valence-electron chi connectivity index (χ0n) is 17.4. The molecule has 4 atom stereocenters. The van der Waals surface area contributed by atoms with Crippen molar-refractivity contribution in [1.29, 1.82) is 0 Å². The molecule has 0 unspecified atom stereocenters. The Labute approximate surface area is 184 Å². The number of hydrogen-bond donors (Lipinski definition) is 2. The number of carbonyl (C=O) groups excluding carboxylic acids is 1. The Kier molecular flexibility index (Phi) is 5.65. The molecule has 2 bridgehead atoms. The molecule has 1 amide bonds. The summed E-state index contributed by atoms with van der Waals surface area (Å²) < 4.78 is 1.57. The second kappa shape index (κ2) is 8.09. The molecule has 3 fully saturated rings. The van der Waals surface area contributed by atoms with Gasteiger partial charge in [0.15, 0.2) is 0 Å². The van der Waals surface area contributed by atoms with Gasteiger partial charge in [0.1, 0.15) is 11.0 Å². The van der Waals surface area contributed by atoms with Crippen LogP contribution in [0.25, 0.3) is 0 Å². The molecule has 3 aliphatic carbocycles. The van der Waals surface area contributed by atoms with Crippen LogP contribution in [0.2, 0.25) is 0 Å². The molecule has 3 aliphatic rings. The summed E-state index contributed by atoms with van der Waals surface area (Å²) >= 11 is 3.41. The Morgan fingerprint density at radius 3 is 2.77 bits per heavy atom. The predicted octanol–water partition coefficient (Wildman–Crippen LogP) is 2.59. The molecule has 9 heteroatoms. The maximum atomic E-state index is 12.7. The number of hydrogen-bond acceptors (Lipinski definition) is 6. The minimum absolute atomic E-state index is 0.157. The van der Waals surface area contributed by atoms with E-state index in [0.717, 1.165) is 17.0 Å². The van der Waals surface area contributed by atoms with Gasteiger partial charge in [-0.15, -0.1) is 0 Å². The van der Waals surface area contributed by atoms with Crippen LogP contribution in [0.4, 0.5) is 5.69 Å². The summed E-state index contributed by atoms with van der Waals surface area (Å²) in [6, 6.07) is 0.324. The zero-order chi connectivity index (χ0) is 21.5. The first kappa shape index (κ1) is 21.0. The van der Waals surface area contributed by atoms with Crippen LogP contribution >= 0.6 is 15.9 Å². The van der Waals surface area contributed by atoms with E-state index in [9.17, 15) is 9.59 Å². The summed E-state index contributed by atoms with van der Waals surface area (Å²) in [5, 5.41) is 10.5. The fourth-order valence-electron chi connectivity index (χ4n) is 5.02. The third-order valence-electron chi connectivity index (χ3n) is 7.06. The third-order valence-corrected chi connectivity index (χ3v) is 7.82. The van der Waals surface area contributed by atoms with Gasteiger partial charge in [-0.2, -0.15) is 5.10 Å². The van der Waals surface area contributed by atoms with Crippen molar-refractivity contribution in [3.8, 4) is 0 Å². The summed E-state index contributed by atoms with van der Waals surface area (Å²) in [5.74, 6) is 1.65. The Bertz CT molecular complexity index is 993. The molecule has 160 valence electrons. The van der Waals surface area contributed by atoms with Crippen molar-refractivity contribution in [3.05, 3.63) is 45.3 Å². The van der Waals surface area contributed by atoms with Gasteiger partial charge in [-0.25, -0.2) is 4.68 Å². The van der Waals surface area contributed by atoms with Crippen molar-refractivity contribution < 1.29 is 4.79 Å². The number of carbonyl (C=O) groups is 1. The number of nitrogens with zero attached hydrogens (tertiary/aromatic N) is 4. The van der Waals surface area contributed by atoms with E-state index in [1.807, 2.05) is 0 Å². The van der Waals surface area contributed by atoms with Crippen molar-refractivity contribution in [2.75, 3.05) is 5.32 Å². The van der Waals surface area contributed by atoms with Gasteiger partial charge in [-0.1, -0.05) is 20.8 Å². The molecule has 2 aromatic heterocycles. The molecule has 2 N–H and O–H groups in total. The fourth-order valence-corrected chi connectivity index (χ4v) is 5.44. The highest BCUT2D eigenvalue weighted by Crippen LogP contribution is 2.61. The normalized spacial score (nSPS) is 26.5. The van der Waals surface area contributed by atoms with Crippen molar-refractivity contribution in [2.24, 2.45) is 23.2 Å². The zero-order valence-corrected chi connectivity index (χ0v) is 19.0. The summed E-state index contributed by atoms with van der Waals surface area (Å²) in [5.41, 5.74) is 1.42. The van der Waals surface area contributed by atoms with Crippen molar-refractivity contribution in [2.45, 2.75) is 52.7 Å². The van der Waals surface area contributed by atoms with Crippen LogP contribution in [0.15, 0.2) is 34.1 Å². The highest BCUT2D eigenvalue weighted by atomic mass is 79.9. The van der Waals surface area contributed by atoms with Crippen molar-refractivity contribution in [1.82, 2.24) is 25.1 Å². The highest BCUT2D eigenvalue weighted by molar-refractivity contribution is 9.10. The lowest BCUT2D eigenvalue weighted by Gasteiger charge is -2.62. The van der Waals surface area contributed by atoms with Gasteiger partial charge in [-0.3, -0.25) is 19.6 Å². The lowest BCUT2D eigenvalue weighted by atomic mass is 9.45. The van der Waals surface area contributed by atoms with Crippen LogP contribution in [-0.4, -0.2) is 31.7 Å². The molecule has 2 heterocycles. The minimum Gasteiger partial charge on any atom is -0.380 e. The van der Waals surface area contributed by atoms with Crippen LogP contribution < -0.4 is 16.2 Å². The third kappa shape index (κ3) is 3.87. The maximum Gasteiger partial charge on any atom is 0.283 e. The molecule has 0 spiro atoms. The van der Waals surface area contributed by atoms with Crippen LogP contribution in [-0.2, 0) is 17.9 Å². The average molecular weight is 475 g/mol. The number of amides is 1. The molecule has 0 aromatic carbocycles. The van der Waals surface area contributed by atoms with Crippen LogP contribution in [0, 0.1) is 23.2 Å². The number of halogens is 1. The van der Waals surface area contributed by atoms with Gasteiger partial charge in [0, 0.05) is 18.4 Å². The smallest absolute Gasteiger partial charge is 0.283 e. The quantitative estimate of drug-likeness (QED) is 0.666. The molecule has 0 radical (unpaired) electrons. The summed E-state index contributed by atoms with van der Waals surface area (Å²) in [7, 11) is 0. The van der Waals surface area contributed by atoms with Crippen molar-refractivity contribution in [3.63, 3.8) is 0 Å². The number of aromatic nitrogens is 4. The fraction of sp³-hybridized carbons (Fsp3) is 0.571. The van der Waals surface area contributed by atoms with Gasteiger partial charge >= 0.3 is 0 Å². The Morgan fingerprint density at radius 1 is 1.30 bits per heavy atom. The number of nitrogens with one attached hydrogen (secondary N) is 2. The van der Waals surface area contributed by atoms with E-state index >= 15 is 0 Å². The molecule has 3 saturated carbocycles. The Hall–Kier alpha value is -2.29. The lowest BCUT2D eigenvalue weighted by Crippen LogP contribution is -2.58. The van der Waals surface area contributed by atoms with Crippen LogP contribution in [0.3, 0.4) is 0 Å². The summed E-state index contributed by atoms with van der Waals surface area (Å²) in [4.78, 5) is 33.0. The number of fused-ring (bicyclic) bond motifs is 2. The largest absolute Gasteiger partial charge is 0.380 e. The Balaban J connectivity index is 1.39. The summed E-state index contributed by atoms with van der Waals surface area (Å²) in [6.07, 6.45) is 8.74. The maximum absolute atomic E-state index is 12.7. The van der Waals surface area contributed by atoms with Gasteiger partial charge in [-0.05, 0) is 51.9 Å². The van der Waals surface area contributed by atoms with Gasteiger partial charge in [0.2, 0.25) is 5.91 Å². The molecule has 0 saturated heterocycles. The highest BCUT2D eigenvalue weighted by Gasteiger charge is 2.56. The van der Waals surface area contributed by atoms with Crippen molar-refractivity contribution >= 4 is 27.5 Å². The molecule has 5 rings (SSSR count). The number of rotatable bonds is 6. The molecule has 8 nitrogen and oxygen atoms in total. The first-order valence-corrected chi connectivity index (χ1v) is 11.1. The van der Waals surface area contributed by atoms with Gasteiger partial charge in [0.05, 0.1) is 30.3 Å². The second-order valence-electron chi connectivity index (χ2n) is 9.01. The standard InChI is InChI=1S/C21H27BrN6O2/c1-12-15-6-13(21(15,2)3)7-16(12)27-17-10-26-28(20(30)19(17)22)11-18(29)25-9-14-8-23-4-5-24-14/h4-5,8,10,12-13,15-16,27H,6-7,9,11H2,1-3H3,(H,25,29)/t12-,13+,15-,16-/m1/s1. The number of anilines is 1. The SMILES string of the molecule is C[C@@H]1[C@H]2C[C@@H](C[C@H]1Nc1cnn(CC(=O)NCc3cnccn3)c(=O)c1Br)C2(C)C. The first-order valence-electron chi connectivity index (χ1n) is 10.3. The summed E-state index contributed by atoms with van der Waals surface area (Å²) in [6.45, 7) is 7.12. The first-order chi connectivity index (χ1) is 14.3.